The zero-order chi connectivity index (χ0) is 17.3. The van der Waals surface area contributed by atoms with E-state index >= 15 is 0 Å². The maximum atomic E-state index is 5.94. The normalized spacial score (nSPS) is 15.7. The molecule has 0 unspecified atom stereocenters. The zero-order valence-electron chi connectivity index (χ0n) is 16.1. The molecule has 0 amide bonds. The van der Waals surface area contributed by atoms with E-state index in [1.807, 2.05) is 0 Å². The van der Waals surface area contributed by atoms with Crippen LogP contribution in [0.2, 0.25) is 0 Å². The first kappa shape index (κ1) is 24.9. The Balaban J connectivity index is 0.00000576. The van der Waals surface area contributed by atoms with Crippen molar-refractivity contribution in [3.8, 4) is 0 Å². The summed E-state index contributed by atoms with van der Waals surface area (Å²) in [5.41, 5.74) is 0. The van der Waals surface area contributed by atoms with Gasteiger partial charge in [0.1, 0.15) is 0 Å². The van der Waals surface area contributed by atoms with Crippen LogP contribution in [-0.2, 0) is 14.2 Å². The van der Waals surface area contributed by atoms with Crippen LogP contribution >= 0.6 is 24.0 Å². The topological polar surface area (TPSA) is 64.1 Å². The molecule has 7 heteroatoms. The van der Waals surface area contributed by atoms with Gasteiger partial charge in [-0.2, -0.15) is 0 Å². The quantitative estimate of drug-likeness (QED) is 0.187. The number of nitrogens with zero attached hydrogens (tertiary/aromatic N) is 1. The molecule has 1 aliphatic carbocycles. The van der Waals surface area contributed by atoms with E-state index in [1.165, 1.54) is 32.1 Å². The van der Waals surface area contributed by atoms with Gasteiger partial charge in [0.05, 0.1) is 19.3 Å². The summed E-state index contributed by atoms with van der Waals surface area (Å²) in [4.78, 5) is 4.56. The minimum Gasteiger partial charge on any atom is -0.382 e. The summed E-state index contributed by atoms with van der Waals surface area (Å²) in [5, 5.41) is 6.64. The standard InChI is InChI=1S/C18H37N3O3.HI/c1-3-19-18(20-11-7-13-23-16-15-22-2)21-12-8-14-24-17-9-5-4-6-10-17;/h17H,3-16H2,1-2H3,(H2,19,20,21);1H. The first-order valence-corrected chi connectivity index (χ1v) is 9.57. The van der Waals surface area contributed by atoms with Crippen LogP contribution in [-0.4, -0.2) is 65.2 Å². The third-order valence-corrected chi connectivity index (χ3v) is 4.01. The monoisotopic (exact) mass is 471 g/mol. The van der Waals surface area contributed by atoms with E-state index < -0.39 is 0 Å². The van der Waals surface area contributed by atoms with Crippen molar-refractivity contribution in [1.29, 1.82) is 0 Å². The van der Waals surface area contributed by atoms with Gasteiger partial charge >= 0.3 is 0 Å². The number of guanidine groups is 1. The Bertz CT molecular complexity index is 314. The molecule has 0 bridgehead atoms. The van der Waals surface area contributed by atoms with Gasteiger partial charge in [-0.25, -0.2) is 0 Å². The van der Waals surface area contributed by atoms with Crippen molar-refractivity contribution in [1.82, 2.24) is 10.6 Å². The highest BCUT2D eigenvalue weighted by Gasteiger charge is 2.12. The van der Waals surface area contributed by atoms with Gasteiger partial charge < -0.3 is 24.8 Å². The first-order valence-electron chi connectivity index (χ1n) is 9.57. The van der Waals surface area contributed by atoms with E-state index in [-0.39, 0.29) is 24.0 Å². The highest BCUT2D eigenvalue weighted by atomic mass is 127. The molecule has 150 valence electrons. The molecule has 6 nitrogen and oxygen atoms in total. The van der Waals surface area contributed by atoms with E-state index in [0.29, 0.717) is 19.3 Å². The molecule has 0 aromatic rings. The fraction of sp³-hybridized carbons (Fsp3) is 0.944. The van der Waals surface area contributed by atoms with Crippen molar-refractivity contribution < 1.29 is 14.2 Å². The van der Waals surface area contributed by atoms with Gasteiger partial charge in [-0.15, -0.1) is 24.0 Å². The fourth-order valence-corrected chi connectivity index (χ4v) is 2.70. The average Bonchev–Trinajstić information content (AvgIpc) is 2.61. The van der Waals surface area contributed by atoms with Gasteiger partial charge in [-0.3, -0.25) is 4.99 Å². The summed E-state index contributed by atoms with van der Waals surface area (Å²) in [6, 6.07) is 0. The van der Waals surface area contributed by atoms with Crippen LogP contribution in [0.1, 0.15) is 51.9 Å². The molecule has 25 heavy (non-hydrogen) atoms. The van der Waals surface area contributed by atoms with Crippen LogP contribution in [0.4, 0.5) is 0 Å². The fourth-order valence-electron chi connectivity index (χ4n) is 2.70. The summed E-state index contributed by atoms with van der Waals surface area (Å²) in [6.07, 6.45) is 8.95. The van der Waals surface area contributed by atoms with Crippen LogP contribution in [0.3, 0.4) is 0 Å². The predicted octanol–water partition coefficient (Wildman–Crippen LogP) is 2.95. The SMILES string of the molecule is CCNC(=NCCCOCCOC)NCCCOC1CCCCC1.I. The number of nitrogens with one attached hydrogen (secondary N) is 2. The number of methoxy groups -OCH3 is 1. The zero-order valence-corrected chi connectivity index (χ0v) is 18.4. The minimum absolute atomic E-state index is 0. The molecule has 1 saturated carbocycles. The second-order valence-corrected chi connectivity index (χ2v) is 6.13. The summed E-state index contributed by atoms with van der Waals surface area (Å²) < 4.78 is 16.3. The molecular formula is C18H38IN3O3. The third-order valence-electron chi connectivity index (χ3n) is 4.01. The largest absolute Gasteiger partial charge is 0.382 e. The van der Waals surface area contributed by atoms with Gasteiger partial charge in [-0.05, 0) is 32.6 Å². The number of halogens is 1. The smallest absolute Gasteiger partial charge is 0.191 e. The van der Waals surface area contributed by atoms with E-state index in [9.17, 15) is 0 Å². The Morgan fingerprint density at radius 2 is 1.80 bits per heavy atom. The Morgan fingerprint density at radius 1 is 1.00 bits per heavy atom. The molecule has 0 aromatic carbocycles. The molecular weight excluding hydrogens is 433 g/mol. The molecule has 0 saturated heterocycles. The van der Waals surface area contributed by atoms with Crippen LogP contribution < -0.4 is 10.6 Å². The molecule has 2 N–H and O–H groups in total. The maximum Gasteiger partial charge on any atom is 0.191 e. The van der Waals surface area contributed by atoms with Crippen molar-refractivity contribution in [2.24, 2.45) is 4.99 Å². The predicted molar refractivity (Wildman–Crippen MR) is 114 cm³/mol. The van der Waals surface area contributed by atoms with Crippen molar-refractivity contribution in [3.63, 3.8) is 0 Å². The summed E-state index contributed by atoms with van der Waals surface area (Å²) in [5.74, 6) is 0.882. The lowest BCUT2D eigenvalue weighted by Crippen LogP contribution is -2.38. The molecule has 0 radical (unpaired) electrons. The Morgan fingerprint density at radius 3 is 2.52 bits per heavy atom. The second kappa shape index (κ2) is 18.7. The molecule has 0 spiro atoms. The molecule has 0 atom stereocenters. The second-order valence-electron chi connectivity index (χ2n) is 6.13. The van der Waals surface area contributed by atoms with E-state index in [1.54, 1.807) is 7.11 Å². The Labute approximate surface area is 170 Å². The molecule has 0 aromatic heterocycles. The number of hydrogen-bond donors (Lipinski definition) is 2. The van der Waals surface area contributed by atoms with Crippen LogP contribution in [0.5, 0.6) is 0 Å². The van der Waals surface area contributed by atoms with Crippen LogP contribution in [0.15, 0.2) is 4.99 Å². The lowest BCUT2D eigenvalue weighted by molar-refractivity contribution is 0.0277. The van der Waals surface area contributed by atoms with E-state index in [2.05, 4.69) is 22.5 Å². The average molecular weight is 471 g/mol. The van der Waals surface area contributed by atoms with Crippen LogP contribution in [0, 0.1) is 0 Å². The number of aliphatic imine (C=N–C) groups is 1. The van der Waals surface area contributed by atoms with Gasteiger partial charge in [0.25, 0.3) is 0 Å². The lowest BCUT2D eigenvalue weighted by Gasteiger charge is -2.22. The van der Waals surface area contributed by atoms with Crippen molar-refractivity contribution in [2.45, 2.75) is 58.0 Å². The summed E-state index contributed by atoms with van der Waals surface area (Å²) in [7, 11) is 1.68. The van der Waals surface area contributed by atoms with Crippen molar-refractivity contribution in [3.05, 3.63) is 0 Å². The number of hydrogen-bond acceptors (Lipinski definition) is 4. The van der Waals surface area contributed by atoms with Crippen LogP contribution in [0.25, 0.3) is 0 Å². The first-order chi connectivity index (χ1) is 11.9. The third kappa shape index (κ3) is 14.7. The van der Waals surface area contributed by atoms with Gasteiger partial charge in [-0.1, -0.05) is 19.3 Å². The van der Waals surface area contributed by atoms with Gasteiger partial charge in [0.2, 0.25) is 0 Å². The highest BCUT2D eigenvalue weighted by Crippen LogP contribution is 2.20. The summed E-state index contributed by atoms with van der Waals surface area (Å²) >= 11 is 0. The highest BCUT2D eigenvalue weighted by molar-refractivity contribution is 14.0. The van der Waals surface area contributed by atoms with E-state index in [4.69, 9.17) is 14.2 Å². The van der Waals surface area contributed by atoms with Crippen molar-refractivity contribution in [2.75, 3.05) is 53.2 Å². The minimum atomic E-state index is 0. The molecule has 0 heterocycles. The van der Waals surface area contributed by atoms with E-state index in [0.717, 1.165) is 51.6 Å². The number of rotatable bonds is 13. The number of ether oxygens (including phenoxy) is 3. The molecule has 0 aliphatic heterocycles. The van der Waals surface area contributed by atoms with Crippen molar-refractivity contribution >= 4 is 29.9 Å². The molecule has 1 aliphatic rings. The Hall–Kier alpha value is -0.120. The Kier molecular flexibility index (Phi) is 18.6. The lowest BCUT2D eigenvalue weighted by atomic mass is 9.98. The summed E-state index contributed by atoms with van der Waals surface area (Å²) in [6.45, 7) is 7.47. The van der Waals surface area contributed by atoms with Gasteiger partial charge in [0.15, 0.2) is 5.96 Å². The van der Waals surface area contributed by atoms with Gasteiger partial charge in [0, 0.05) is 40.0 Å². The maximum absolute atomic E-state index is 5.94. The molecule has 1 fully saturated rings. The molecule has 1 rings (SSSR count).